The largest absolute Gasteiger partial charge is 0.283 e. The number of para-hydroxylation sites is 1. The molecule has 0 aliphatic carbocycles. The molecule has 1 atom stereocenters. The van der Waals surface area contributed by atoms with Gasteiger partial charge in [0.2, 0.25) is 10.0 Å². The van der Waals surface area contributed by atoms with Crippen molar-refractivity contribution in [2.24, 2.45) is 5.92 Å². The zero-order chi connectivity index (χ0) is 13.8. The van der Waals surface area contributed by atoms with Crippen LogP contribution in [0.3, 0.4) is 0 Å². The van der Waals surface area contributed by atoms with E-state index in [1.54, 1.807) is 12.1 Å². The van der Waals surface area contributed by atoms with E-state index in [4.69, 9.17) is 11.6 Å². The molecule has 1 unspecified atom stereocenters. The molecule has 0 heterocycles. The normalized spacial score (nSPS) is 13.6. The molecule has 102 valence electrons. The second kappa shape index (κ2) is 6.43. The Kier molecular flexibility index (Phi) is 5.47. The Morgan fingerprint density at radius 1 is 1.22 bits per heavy atom. The third-order valence-corrected chi connectivity index (χ3v) is 4.16. The summed E-state index contributed by atoms with van der Waals surface area (Å²) in [5, 5.41) is -0.228. The summed E-state index contributed by atoms with van der Waals surface area (Å²) in [5.41, 5.74) is 1.37. The first-order valence-electron chi connectivity index (χ1n) is 6.05. The molecule has 1 rings (SSSR count). The second-order valence-electron chi connectivity index (χ2n) is 4.81. The van der Waals surface area contributed by atoms with Crippen LogP contribution in [-0.4, -0.2) is 14.2 Å². The van der Waals surface area contributed by atoms with Gasteiger partial charge in [-0.15, -0.1) is 11.6 Å². The van der Waals surface area contributed by atoms with Gasteiger partial charge in [-0.25, -0.2) is 8.42 Å². The molecule has 1 aromatic carbocycles. The number of hydrogen-bond donors (Lipinski definition) is 1. The van der Waals surface area contributed by atoms with Crippen LogP contribution >= 0.6 is 11.6 Å². The summed E-state index contributed by atoms with van der Waals surface area (Å²) >= 11 is 6.03. The van der Waals surface area contributed by atoms with Crippen molar-refractivity contribution in [1.82, 2.24) is 0 Å². The van der Waals surface area contributed by atoms with E-state index in [2.05, 4.69) is 4.72 Å². The highest BCUT2D eigenvalue weighted by Gasteiger charge is 2.15. The lowest BCUT2D eigenvalue weighted by molar-refractivity contribution is 0.578. The first-order chi connectivity index (χ1) is 8.32. The number of alkyl halides is 1. The van der Waals surface area contributed by atoms with Gasteiger partial charge in [0.15, 0.2) is 0 Å². The number of benzene rings is 1. The van der Waals surface area contributed by atoms with Gasteiger partial charge in [0.25, 0.3) is 0 Å². The molecule has 3 nitrogen and oxygen atoms in total. The van der Waals surface area contributed by atoms with E-state index >= 15 is 0 Å². The third-order valence-electron chi connectivity index (χ3n) is 2.62. The summed E-state index contributed by atoms with van der Waals surface area (Å²) in [6.45, 7) is 5.83. The first-order valence-corrected chi connectivity index (χ1v) is 8.14. The number of rotatable bonds is 6. The molecule has 0 aromatic heterocycles. The predicted octanol–water partition coefficient (Wildman–Crippen LogP) is 3.77. The van der Waals surface area contributed by atoms with E-state index < -0.39 is 10.0 Å². The maximum atomic E-state index is 11.9. The van der Waals surface area contributed by atoms with Crippen molar-refractivity contribution in [3.63, 3.8) is 0 Å². The lowest BCUT2D eigenvalue weighted by Gasteiger charge is -2.14. The molecule has 0 aliphatic rings. The van der Waals surface area contributed by atoms with Gasteiger partial charge in [-0.2, -0.15) is 0 Å². The summed E-state index contributed by atoms with van der Waals surface area (Å²) in [6.07, 6.45) is 0.647. The molecule has 1 N–H and O–H groups in total. The Labute approximate surface area is 115 Å². The number of anilines is 1. The smallest absolute Gasteiger partial charge is 0.232 e. The molecule has 0 amide bonds. The van der Waals surface area contributed by atoms with Gasteiger partial charge in [0, 0.05) is 0 Å². The lowest BCUT2D eigenvalue weighted by atomic mass is 10.1. The quantitative estimate of drug-likeness (QED) is 0.810. The summed E-state index contributed by atoms with van der Waals surface area (Å²) < 4.78 is 26.5. The van der Waals surface area contributed by atoms with Gasteiger partial charge in [0.1, 0.15) is 0 Å². The van der Waals surface area contributed by atoms with Crippen LogP contribution < -0.4 is 4.72 Å². The van der Waals surface area contributed by atoms with Crippen LogP contribution in [0, 0.1) is 5.92 Å². The molecule has 5 heteroatoms. The minimum atomic E-state index is -3.29. The van der Waals surface area contributed by atoms with Gasteiger partial charge in [-0.1, -0.05) is 32.0 Å². The van der Waals surface area contributed by atoms with Gasteiger partial charge < -0.3 is 0 Å². The Morgan fingerprint density at radius 3 is 2.39 bits per heavy atom. The van der Waals surface area contributed by atoms with Crippen LogP contribution in [0.5, 0.6) is 0 Å². The van der Waals surface area contributed by atoms with Crippen molar-refractivity contribution in [2.45, 2.75) is 32.6 Å². The number of nitrogens with one attached hydrogen (secondary N) is 1. The van der Waals surface area contributed by atoms with Crippen LogP contribution in [0.1, 0.15) is 38.1 Å². The van der Waals surface area contributed by atoms with E-state index in [0.717, 1.165) is 5.56 Å². The van der Waals surface area contributed by atoms with E-state index in [-0.39, 0.29) is 11.1 Å². The zero-order valence-electron chi connectivity index (χ0n) is 11.0. The molecular weight excluding hydrogens is 270 g/mol. The van der Waals surface area contributed by atoms with E-state index in [1.807, 2.05) is 32.9 Å². The molecule has 0 aliphatic heterocycles. The molecule has 0 saturated heterocycles. The van der Waals surface area contributed by atoms with Crippen molar-refractivity contribution >= 4 is 27.3 Å². The SMILES string of the molecule is CC(C)CCS(=O)(=O)Nc1ccccc1C(C)Cl. The first kappa shape index (κ1) is 15.3. The maximum Gasteiger partial charge on any atom is 0.232 e. The summed E-state index contributed by atoms with van der Waals surface area (Å²) in [6, 6.07) is 7.21. The fourth-order valence-corrected chi connectivity index (χ4v) is 3.14. The van der Waals surface area contributed by atoms with Gasteiger partial charge in [-0.3, -0.25) is 4.72 Å². The average molecular weight is 290 g/mol. The molecule has 0 radical (unpaired) electrons. The molecule has 0 saturated carbocycles. The van der Waals surface area contributed by atoms with Gasteiger partial charge in [0.05, 0.1) is 16.8 Å². The van der Waals surface area contributed by atoms with Crippen LogP contribution in [0.25, 0.3) is 0 Å². The fourth-order valence-electron chi connectivity index (χ4n) is 1.55. The standard InChI is InChI=1S/C13H20ClNO2S/c1-10(2)8-9-18(16,17)15-13-7-5-4-6-12(13)11(3)14/h4-7,10-11,15H,8-9H2,1-3H3. The topological polar surface area (TPSA) is 46.2 Å². The Balaban J connectivity index is 2.84. The highest BCUT2D eigenvalue weighted by Crippen LogP contribution is 2.27. The Morgan fingerprint density at radius 2 is 1.83 bits per heavy atom. The monoisotopic (exact) mass is 289 g/mol. The van der Waals surface area contributed by atoms with E-state index in [1.165, 1.54) is 0 Å². The van der Waals surface area contributed by atoms with E-state index in [0.29, 0.717) is 18.0 Å². The highest BCUT2D eigenvalue weighted by molar-refractivity contribution is 7.92. The Bertz CT molecular complexity index is 484. The maximum absolute atomic E-state index is 11.9. The number of hydrogen-bond acceptors (Lipinski definition) is 2. The molecule has 18 heavy (non-hydrogen) atoms. The molecular formula is C13H20ClNO2S. The van der Waals surface area contributed by atoms with Gasteiger partial charge >= 0.3 is 0 Å². The molecule has 0 spiro atoms. The van der Waals surface area contributed by atoms with Crippen molar-refractivity contribution in [1.29, 1.82) is 0 Å². The summed E-state index contributed by atoms with van der Waals surface area (Å²) in [5.74, 6) is 0.499. The van der Waals surface area contributed by atoms with Crippen LogP contribution in [-0.2, 0) is 10.0 Å². The molecule has 0 fully saturated rings. The minimum absolute atomic E-state index is 0.135. The molecule has 1 aromatic rings. The second-order valence-corrected chi connectivity index (χ2v) is 7.30. The fraction of sp³-hybridized carbons (Fsp3) is 0.538. The minimum Gasteiger partial charge on any atom is -0.283 e. The number of halogens is 1. The van der Waals surface area contributed by atoms with Crippen LogP contribution in [0.4, 0.5) is 5.69 Å². The molecule has 0 bridgehead atoms. The van der Waals surface area contributed by atoms with Crippen molar-refractivity contribution < 1.29 is 8.42 Å². The zero-order valence-corrected chi connectivity index (χ0v) is 12.6. The van der Waals surface area contributed by atoms with E-state index in [9.17, 15) is 8.42 Å². The van der Waals surface area contributed by atoms with Crippen molar-refractivity contribution in [2.75, 3.05) is 10.5 Å². The highest BCUT2D eigenvalue weighted by atomic mass is 35.5. The average Bonchev–Trinajstić information content (AvgIpc) is 2.26. The van der Waals surface area contributed by atoms with Gasteiger partial charge in [-0.05, 0) is 30.9 Å². The summed E-state index contributed by atoms with van der Waals surface area (Å²) in [4.78, 5) is 0. The van der Waals surface area contributed by atoms with Crippen molar-refractivity contribution in [3.05, 3.63) is 29.8 Å². The lowest BCUT2D eigenvalue weighted by Crippen LogP contribution is -2.18. The Hall–Kier alpha value is -0.740. The summed E-state index contributed by atoms with van der Waals surface area (Å²) in [7, 11) is -3.29. The predicted molar refractivity (Wildman–Crippen MR) is 77.6 cm³/mol. The van der Waals surface area contributed by atoms with Crippen molar-refractivity contribution in [3.8, 4) is 0 Å². The van der Waals surface area contributed by atoms with Crippen LogP contribution in [0.15, 0.2) is 24.3 Å². The number of sulfonamides is 1. The third kappa shape index (κ3) is 4.86. The van der Waals surface area contributed by atoms with Crippen LogP contribution in [0.2, 0.25) is 0 Å².